The molecule has 4 saturated carbocycles. The lowest BCUT2D eigenvalue weighted by atomic mass is 9.54. The van der Waals surface area contributed by atoms with Crippen LogP contribution in [0.4, 0.5) is 5.69 Å². The largest absolute Gasteiger partial charge is 0.497 e. The Kier molecular flexibility index (Phi) is 4.36. The molecule has 25 heavy (non-hydrogen) atoms. The van der Waals surface area contributed by atoms with Gasteiger partial charge in [-0.2, -0.15) is 0 Å². The molecule has 5 heteroatoms. The van der Waals surface area contributed by atoms with Gasteiger partial charge in [0, 0.05) is 23.9 Å². The molecule has 4 bridgehead atoms. The second-order valence-corrected chi connectivity index (χ2v) is 8.04. The van der Waals surface area contributed by atoms with Crippen molar-refractivity contribution < 1.29 is 19.0 Å². The molecule has 136 valence electrons. The molecule has 0 unspecified atom stereocenters. The van der Waals surface area contributed by atoms with Gasteiger partial charge < -0.3 is 19.5 Å². The molecule has 5 nitrogen and oxygen atoms in total. The van der Waals surface area contributed by atoms with E-state index in [1.165, 1.54) is 19.3 Å². The number of carbonyl (C=O) groups excluding carboxylic acids is 1. The summed E-state index contributed by atoms with van der Waals surface area (Å²) in [5.74, 6) is 3.63. The van der Waals surface area contributed by atoms with Gasteiger partial charge >= 0.3 is 0 Å². The van der Waals surface area contributed by atoms with E-state index in [4.69, 9.17) is 14.2 Å². The fourth-order valence-electron chi connectivity index (χ4n) is 5.50. The van der Waals surface area contributed by atoms with Crippen LogP contribution in [0, 0.1) is 17.8 Å². The van der Waals surface area contributed by atoms with Crippen molar-refractivity contribution in [3.05, 3.63) is 18.2 Å². The van der Waals surface area contributed by atoms with Gasteiger partial charge in [-0.3, -0.25) is 4.79 Å². The van der Waals surface area contributed by atoms with Gasteiger partial charge in [0.1, 0.15) is 18.1 Å². The van der Waals surface area contributed by atoms with Gasteiger partial charge in [-0.25, -0.2) is 0 Å². The number of amides is 1. The van der Waals surface area contributed by atoms with Gasteiger partial charge in [-0.1, -0.05) is 0 Å². The van der Waals surface area contributed by atoms with Crippen LogP contribution in [0.15, 0.2) is 18.2 Å². The van der Waals surface area contributed by atoms with Crippen molar-refractivity contribution in [2.45, 2.75) is 44.1 Å². The molecule has 5 rings (SSSR count). The molecular formula is C20H27NO4. The standard InChI is InChI=1S/C20H27NO4/c1-23-17-6-16(7-18(8-17)24-2)21-19(22)12-25-20-9-13-3-14(10-20)5-15(4-13)11-20/h6-8,13-15H,3-5,9-12H2,1-2H3,(H,21,22). The SMILES string of the molecule is COc1cc(NC(=O)COC23CC4CC(CC(C4)C2)C3)cc(OC)c1. The zero-order chi connectivity index (χ0) is 17.4. The highest BCUT2D eigenvalue weighted by Crippen LogP contribution is 2.57. The van der Waals surface area contributed by atoms with Gasteiger partial charge in [0.25, 0.3) is 0 Å². The average Bonchev–Trinajstić information content (AvgIpc) is 2.58. The minimum atomic E-state index is -0.119. The highest BCUT2D eigenvalue weighted by atomic mass is 16.5. The molecule has 1 aromatic carbocycles. The molecule has 0 spiro atoms. The summed E-state index contributed by atoms with van der Waals surface area (Å²) < 4.78 is 16.7. The molecule has 0 aromatic heterocycles. The lowest BCUT2D eigenvalue weighted by Crippen LogP contribution is -2.52. The number of rotatable bonds is 6. The molecule has 4 aliphatic rings. The topological polar surface area (TPSA) is 56.8 Å². The monoisotopic (exact) mass is 345 g/mol. The van der Waals surface area contributed by atoms with Gasteiger partial charge in [0.2, 0.25) is 5.91 Å². The average molecular weight is 345 g/mol. The Morgan fingerprint density at radius 2 is 1.52 bits per heavy atom. The molecule has 1 N–H and O–H groups in total. The highest BCUT2D eigenvalue weighted by molar-refractivity contribution is 5.92. The first-order valence-corrected chi connectivity index (χ1v) is 9.24. The summed E-state index contributed by atoms with van der Waals surface area (Å²) in [6.07, 6.45) is 7.53. The summed E-state index contributed by atoms with van der Waals surface area (Å²) in [4.78, 5) is 12.4. The van der Waals surface area contributed by atoms with Crippen molar-refractivity contribution in [1.82, 2.24) is 0 Å². The number of nitrogens with one attached hydrogen (secondary N) is 1. The quantitative estimate of drug-likeness (QED) is 0.855. The van der Waals surface area contributed by atoms with E-state index in [0.717, 1.165) is 37.0 Å². The zero-order valence-corrected chi connectivity index (χ0v) is 15.0. The number of carbonyl (C=O) groups is 1. The molecule has 1 amide bonds. The normalized spacial score (nSPS) is 32.5. The Bertz CT molecular complexity index is 600. The maximum Gasteiger partial charge on any atom is 0.250 e. The number of hydrogen-bond acceptors (Lipinski definition) is 4. The molecule has 0 saturated heterocycles. The highest BCUT2D eigenvalue weighted by Gasteiger charge is 2.51. The summed E-state index contributed by atoms with van der Waals surface area (Å²) in [7, 11) is 3.19. The van der Waals surface area contributed by atoms with Crippen LogP contribution in [0.25, 0.3) is 0 Å². The van der Waals surface area contributed by atoms with Crippen LogP contribution in [0.5, 0.6) is 11.5 Å². The number of hydrogen-bond donors (Lipinski definition) is 1. The molecule has 4 aliphatic carbocycles. The van der Waals surface area contributed by atoms with Crippen LogP contribution in [0.1, 0.15) is 38.5 Å². The Hall–Kier alpha value is -1.75. The van der Waals surface area contributed by atoms with E-state index >= 15 is 0 Å². The molecule has 0 atom stereocenters. The lowest BCUT2D eigenvalue weighted by Gasteiger charge is -2.56. The lowest BCUT2D eigenvalue weighted by molar-refractivity contribution is -0.167. The summed E-state index contributed by atoms with van der Waals surface area (Å²) in [6.45, 7) is 0.117. The van der Waals surface area contributed by atoms with Crippen LogP contribution in [-0.2, 0) is 9.53 Å². The Morgan fingerprint density at radius 3 is 2.00 bits per heavy atom. The Labute approximate surface area is 149 Å². The minimum absolute atomic E-state index is 0.0435. The van der Waals surface area contributed by atoms with E-state index < -0.39 is 0 Å². The third kappa shape index (κ3) is 3.47. The molecule has 0 heterocycles. The van der Waals surface area contributed by atoms with Gasteiger partial charge in [0.15, 0.2) is 0 Å². The summed E-state index contributed by atoms with van der Waals surface area (Å²) in [6, 6.07) is 5.35. The van der Waals surface area contributed by atoms with Crippen LogP contribution >= 0.6 is 0 Å². The smallest absolute Gasteiger partial charge is 0.250 e. The van der Waals surface area contributed by atoms with Crippen molar-refractivity contribution in [3.63, 3.8) is 0 Å². The van der Waals surface area contributed by atoms with Crippen molar-refractivity contribution in [2.75, 3.05) is 26.1 Å². The van der Waals surface area contributed by atoms with Crippen molar-refractivity contribution in [3.8, 4) is 11.5 Å². The predicted molar refractivity (Wildman–Crippen MR) is 95.0 cm³/mol. The second kappa shape index (κ2) is 6.52. The fourth-order valence-corrected chi connectivity index (χ4v) is 5.50. The summed E-state index contributed by atoms with van der Waals surface area (Å²) in [5.41, 5.74) is 0.619. The maximum absolute atomic E-state index is 12.4. The Morgan fingerprint density at radius 1 is 1.00 bits per heavy atom. The first-order chi connectivity index (χ1) is 12.1. The van der Waals surface area contributed by atoms with E-state index in [-0.39, 0.29) is 18.1 Å². The predicted octanol–water partition coefficient (Wildman–Crippen LogP) is 3.63. The van der Waals surface area contributed by atoms with Gasteiger partial charge in [0.05, 0.1) is 19.8 Å². The third-order valence-corrected chi connectivity index (χ3v) is 6.13. The summed E-state index contributed by atoms with van der Waals surface area (Å²) >= 11 is 0. The van der Waals surface area contributed by atoms with Gasteiger partial charge in [-0.15, -0.1) is 0 Å². The first kappa shape index (κ1) is 16.7. The number of benzene rings is 1. The molecule has 0 aliphatic heterocycles. The van der Waals surface area contributed by atoms with Crippen LogP contribution in [0.2, 0.25) is 0 Å². The van der Waals surface area contributed by atoms with E-state index in [1.54, 1.807) is 32.4 Å². The first-order valence-electron chi connectivity index (χ1n) is 9.24. The number of anilines is 1. The van der Waals surface area contributed by atoms with Crippen molar-refractivity contribution in [1.29, 1.82) is 0 Å². The maximum atomic E-state index is 12.4. The van der Waals surface area contributed by atoms with Gasteiger partial charge in [-0.05, 0) is 56.3 Å². The molecule has 0 radical (unpaired) electrons. The van der Waals surface area contributed by atoms with Crippen LogP contribution in [0.3, 0.4) is 0 Å². The minimum Gasteiger partial charge on any atom is -0.497 e. The van der Waals surface area contributed by atoms with E-state index in [1.807, 2.05) is 0 Å². The molecule has 1 aromatic rings. The fraction of sp³-hybridized carbons (Fsp3) is 0.650. The van der Waals surface area contributed by atoms with Crippen LogP contribution in [-0.4, -0.2) is 32.3 Å². The van der Waals surface area contributed by atoms with E-state index in [0.29, 0.717) is 17.2 Å². The molecular weight excluding hydrogens is 318 g/mol. The van der Waals surface area contributed by atoms with E-state index in [2.05, 4.69) is 5.32 Å². The summed E-state index contributed by atoms with van der Waals surface area (Å²) in [5, 5.41) is 2.90. The van der Waals surface area contributed by atoms with Crippen molar-refractivity contribution >= 4 is 11.6 Å². The Balaban J connectivity index is 1.37. The van der Waals surface area contributed by atoms with Crippen LogP contribution < -0.4 is 14.8 Å². The van der Waals surface area contributed by atoms with E-state index in [9.17, 15) is 4.79 Å². The zero-order valence-electron chi connectivity index (χ0n) is 15.0. The number of ether oxygens (including phenoxy) is 3. The molecule has 4 fully saturated rings. The third-order valence-electron chi connectivity index (χ3n) is 6.13. The van der Waals surface area contributed by atoms with Crippen molar-refractivity contribution in [2.24, 2.45) is 17.8 Å². The second-order valence-electron chi connectivity index (χ2n) is 8.04. The number of methoxy groups -OCH3 is 2.